The van der Waals surface area contributed by atoms with Crippen molar-refractivity contribution < 1.29 is 14.3 Å². The van der Waals surface area contributed by atoms with Crippen LogP contribution >= 0.6 is 0 Å². The number of carbonyl (C=O) groups excluding carboxylic acids is 2. The Morgan fingerprint density at radius 2 is 2.03 bits per heavy atom. The van der Waals surface area contributed by atoms with E-state index in [-0.39, 0.29) is 11.9 Å². The van der Waals surface area contributed by atoms with Crippen molar-refractivity contribution in [1.29, 1.82) is 0 Å². The van der Waals surface area contributed by atoms with E-state index in [1.165, 1.54) is 0 Å². The lowest BCUT2D eigenvalue weighted by molar-refractivity contribution is -0.143. The Bertz CT molecular complexity index is 1070. The molecule has 0 saturated carbocycles. The van der Waals surface area contributed by atoms with Crippen molar-refractivity contribution in [3.63, 3.8) is 0 Å². The highest BCUT2D eigenvalue weighted by molar-refractivity contribution is 5.97. The zero-order chi connectivity index (χ0) is 21.6. The average Bonchev–Trinajstić information content (AvgIpc) is 3.23. The largest absolute Gasteiger partial charge is 0.466 e. The number of unbranched alkanes of at least 4 members (excludes halogenated alkanes) is 1. The summed E-state index contributed by atoms with van der Waals surface area (Å²) >= 11 is 0. The van der Waals surface area contributed by atoms with E-state index < -0.39 is 0 Å². The molecule has 4 heterocycles. The summed E-state index contributed by atoms with van der Waals surface area (Å²) < 4.78 is 4.95. The van der Waals surface area contributed by atoms with Crippen molar-refractivity contribution in [3.8, 4) is 22.5 Å². The van der Waals surface area contributed by atoms with Gasteiger partial charge in [-0.2, -0.15) is 0 Å². The van der Waals surface area contributed by atoms with E-state index in [4.69, 9.17) is 4.74 Å². The summed E-state index contributed by atoms with van der Waals surface area (Å²) in [5.74, 6) is -0.166. The second-order valence-electron chi connectivity index (χ2n) is 7.56. The molecule has 31 heavy (non-hydrogen) atoms. The predicted molar refractivity (Wildman–Crippen MR) is 117 cm³/mol. The molecular formula is C24H26N4O3. The van der Waals surface area contributed by atoms with E-state index in [0.717, 1.165) is 59.6 Å². The summed E-state index contributed by atoms with van der Waals surface area (Å²) in [7, 11) is 0. The SMILES string of the molecule is CCOC(=O)CCCCc1ccc(-c2cc(-c3cc4c([nH]3)CCNC4=O)ccn2)cn1. The van der Waals surface area contributed by atoms with Crippen LogP contribution in [-0.4, -0.2) is 40.0 Å². The van der Waals surface area contributed by atoms with Crippen LogP contribution in [0, 0.1) is 0 Å². The topological polar surface area (TPSA) is 97.0 Å². The van der Waals surface area contributed by atoms with Crippen molar-refractivity contribution in [2.24, 2.45) is 0 Å². The van der Waals surface area contributed by atoms with Crippen LogP contribution < -0.4 is 5.32 Å². The molecule has 0 atom stereocenters. The van der Waals surface area contributed by atoms with Gasteiger partial charge in [-0.25, -0.2) is 0 Å². The molecule has 1 aliphatic heterocycles. The number of carbonyl (C=O) groups is 2. The third-order valence-electron chi connectivity index (χ3n) is 5.37. The second-order valence-corrected chi connectivity index (χ2v) is 7.56. The zero-order valence-electron chi connectivity index (χ0n) is 17.6. The zero-order valence-corrected chi connectivity index (χ0v) is 17.6. The standard InChI is InChI=1S/C24H26N4O3/c1-2-31-23(29)6-4-3-5-18-8-7-17(15-27-18)21-13-16(9-11-25-21)22-14-19-20(28-22)10-12-26-24(19)30/h7-9,11,13-15,28H,2-6,10,12H2,1H3,(H,26,30). The molecule has 0 fully saturated rings. The lowest BCUT2D eigenvalue weighted by Gasteiger charge is -2.10. The maximum atomic E-state index is 12.0. The van der Waals surface area contributed by atoms with E-state index in [9.17, 15) is 9.59 Å². The van der Waals surface area contributed by atoms with Crippen LogP contribution in [0.1, 0.15) is 47.9 Å². The average molecular weight is 418 g/mol. The van der Waals surface area contributed by atoms with Crippen LogP contribution in [0.3, 0.4) is 0 Å². The van der Waals surface area contributed by atoms with Crippen LogP contribution in [0.2, 0.25) is 0 Å². The van der Waals surface area contributed by atoms with Gasteiger partial charge in [0, 0.05) is 60.0 Å². The van der Waals surface area contributed by atoms with Crippen LogP contribution in [0.25, 0.3) is 22.5 Å². The number of nitrogens with one attached hydrogen (secondary N) is 2. The molecule has 1 aliphatic rings. The Morgan fingerprint density at radius 3 is 2.81 bits per heavy atom. The Morgan fingerprint density at radius 1 is 1.13 bits per heavy atom. The molecule has 3 aromatic rings. The van der Waals surface area contributed by atoms with E-state index in [2.05, 4.69) is 20.3 Å². The van der Waals surface area contributed by atoms with Gasteiger partial charge < -0.3 is 15.0 Å². The lowest BCUT2D eigenvalue weighted by atomic mass is 10.1. The molecule has 0 radical (unpaired) electrons. The molecular weight excluding hydrogens is 392 g/mol. The highest BCUT2D eigenvalue weighted by Gasteiger charge is 2.20. The molecule has 1 amide bonds. The Labute approximate surface area is 181 Å². The Kier molecular flexibility index (Phi) is 6.40. The number of aromatic amines is 1. The van der Waals surface area contributed by atoms with Crippen LogP contribution in [0.4, 0.5) is 0 Å². The summed E-state index contributed by atoms with van der Waals surface area (Å²) in [5.41, 5.74) is 6.35. The Hall–Kier alpha value is -3.48. The fourth-order valence-electron chi connectivity index (χ4n) is 3.74. The molecule has 0 aliphatic carbocycles. The van der Waals surface area contributed by atoms with Crippen molar-refractivity contribution in [3.05, 3.63) is 59.7 Å². The molecule has 4 rings (SSSR count). The first-order valence-electron chi connectivity index (χ1n) is 10.7. The first-order chi connectivity index (χ1) is 15.1. The fourth-order valence-corrected chi connectivity index (χ4v) is 3.74. The number of ether oxygens (including phenoxy) is 1. The van der Waals surface area contributed by atoms with Gasteiger partial charge >= 0.3 is 5.97 Å². The van der Waals surface area contributed by atoms with Crippen LogP contribution in [0.15, 0.2) is 42.7 Å². The quantitative estimate of drug-likeness (QED) is 0.429. The van der Waals surface area contributed by atoms with Gasteiger partial charge in [0.1, 0.15) is 0 Å². The monoisotopic (exact) mass is 418 g/mol. The summed E-state index contributed by atoms with van der Waals surface area (Å²) in [5, 5.41) is 2.87. The van der Waals surface area contributed by atoms with E-state index >= 15 is 0 Å². The van der Waals surface area contributed by atoms with Gasteiger partial charge in [-0.05, 0) is 56.5 Å². The van der Waals surface area contributed by atoms with Crippen molar-refractivity contribution in [1.82, 2.24) is 20.3 Å². The highest BCUT2D eigenvalue weighted by atomic mass is 16.5. The summed E-state index contributed by atoms with van der Waals surface area (Å²) in [6.07, 6.45) is 7.38. The van der Waals surface area contributed by atoms with Gasteiger partial charge in [0.15, 0.2) is 0 Å². The molecule has 7 heteroatoms. The van der Waals surface area contributed by atoms with Crippen LogP contribution in [0.5, 0.6) is 0 Å². The molecule has 0 bridgehead atoms. The normalized spacial score (nSPS) is 12.9. The van der Waals surface area contributed by atoms with Gasteiger partial charge in [0.05, 0.1) is 17.9 Å². The van der Waals surface area contributed by atoms with Gasteiger partial charge in [0.25, 0.3) is 5.91 Å². The highest BCUT2D eigenvalue weighted by Crippen LogP contribution is 2.27. The minimum atomic E-state index is -0.139. The molecule has 0 aromatic carbocycles. The van der Waals surface area contributed by atoms with Gasteiger partial charge in [-0.3, -0.25) is 19.6 Å². The van der Waals surface area contributed by atoms with Crippen LogP contribution in [-0.2, 0) is 22.4 Å². The van der Waals surface area contributed by atoms with Crippen molar-refractivity contribution in [2.75, 3.05) is 13.2 Å². The number of hydrogen-bond acceptors (Lipinski definition) is 5. The third-order valence-corrected chi connectivity index (χ3v) is 5.37. The minimum Gasteiger partial charge on any atom is -0.466 e. The number of aromatic nitrogens is 3. The fraction of sp³-hybridized carbons (Fsp3) is 0.333. The molecule has 0 saturated heterocycles. The Balaban J connectivity index is 1.41. The number of nitrogens with zero attached hydrogens (tertiary/aromatic N) is 2. The number of hydrogen-bond donors (Lipinski definition) is 2. The van der Waals surface area contributed by atoms with Gasteiger partial charge in [0.2, 0.25) is 0 Å². The minimum absolute atomic E-state index is 0.0277. The number of aryl methyl sites for hydroxylation is 1. The molecule has 0 unspecified atom stereocenters. The predicted octanol–water partition coefficient (Wildman–Crippen LogP) is 3.70. The summed E-state index contributed by atoms with van der Waals surface area (Å²) in [6, 6.07) is 9.87. The van der Waals surface area contributed by atoms with Gasteiger partial charge in [-0.15, -0.1) is 0 Å². The van der Waals surface area contributed by atoms with E-state index in [1.54, 1.807) is 6.20 Å². The maximum Gasteiger partial charge on any atom is 0.305 e. The number of esters is 1. The van der Waals surface area contributed by atoms with Crippen molar-refractivity contribution >= 4 is 11.9 Å². The molecule has 7 nitrogen and oxygen atoms in total. The van der Waals surface area contributed by atoms with E-state index in [1.807, 2.05) is 43.5 Å². The second kappa shape index (κ2) is 9.55. The van der Waals surface area contributed by atoms with Gasteiger partial charge in [-0.1, -0.05) is 0 Å². The lowest BCUT2D eigenvalue weighted by Crippen LogP contribution is -2.31. The van der Waals surface area contributed by atoms with Crippen molar-refractivity contribution in [2.45, 2.75) is 39.0 Å². The van der Waals surface area contributed by atoms with E-state index in [0.29, 0.717) is 25.1 Å². The summed E-state index contributed by atoms with van der Waals surface area (Å²) in [6.45, 7) is 2.91. The number of H-pyrrole nitrogens is 1. The number of fused-ring (bicyclic) bond motifs is 1. The third kappa shape index (κ3) is 4.99. The number of pyridine rings is 2. The summed E-state index contributed by atoms with van der Waals surface area (Å²) in [4.78, 5) is 35.8. The molecule has 3 aromatic heterocycles. The first kappa shape index (κ1) is 20.8. The molecule has 160 valence electrons. The first-order valence-corrected chi connectivity index (χ1v) is 10.7. The smallest absolute Gasteiger partial charge is 0.305 e. The number of rotatable bonds is 8. The number of amides is 1. The molecule has 2 N–H and O–H groups in total. The maximum absolute atomic E-state index is 12.0. The molecule has 0 spiro atoms.